The highest BCUT2D eigenvalue weighted by molar-refractivity contribution is 7.91. The van der Waals surface area contributed by atoms with Gasteiger partial charge in [-0.3, -0.25) is 4.79 Å². The Labute approximate surface area is 155 Å². The number of nitrogens with one attached hydrogen (secondary N) is 1. The number of rotatable bonds is 6. The minimum atomic E-state index is -4.87. The zero-order valence-corrected chi connectivity index (χ0v) is 15.0. The summed E-state index contributed by atoms with van der Waals surface area (Å²) in [4.78, 5) is 12.3. The van der Waals surface area contributed by atoms with Gasteiger partial charge >= 0.3 is 6.36 Å². The molecule has 2 radical (unpaired) electrons. The van der Waals surface area contributed by atoms with Gasteiger partial charge in [-0.05, 0) is 29.8 Å². The van der Waals surface area contributed by atoms with E-state index in [9.17, 15) is 26.4 Å². The smallest absolute Gasteiger partial charge is 0.406 e. The number of carbonyl (C=O) groups is 1. The van der Waals surface area contributed by atoms with Crippen LogP contribution in [-0.4, -0.2) is 34.3 Å². The second kappa shape index (κ2) is 8.04. The van der Waals surface area contributed by atoms with E-state index in [4.69, 9.17) is 7.85 Å². The third-order valence-corrected chi connectivity index (χ3v) is 5.40. The number of hydrogen-bond donors (Lipinski definition) is 1. The molecular weight excluding hydrogens is 382 g/mol. The first-order valence-corrected chi connectivity index (χ1v) is 9.42. The number of alkyl halides is 3. The van der Waals surface area contributed by atoms with Gasteiger partial charge in [-0.1, -0.05) is 30.6 Å². The highest BCUT2D eigenvalue weighted by atomic mass is 32.2. The van der Waals surface area contributed by atoms with Crippen LogP contribution in [0.4, 0.5) is 13.2 Å². The predicted octanol–water partition coefficient (Wildman–Crippen LogP) is 2.10. The molecule has 1 N–H and O–H groups in total. The molecule has 10 heteroatoms. The molecule has 0 aliphatic rings. The van der Waals surface area contributed by atoms with E-state index in [0.717, 1.165) is 12.1 Å². The van der Waals surface area contributed by atoms with Crippen molar-refractivity contribution in [1.82, 2.24) is 5.32 Å². The van der Waals surface area contributed by atoms with Crippen LogP contribution in [0, 0.1) is 0 Å². The number of benzene rings is 2. The Hall–Kier alpha value is -2.49. The fraction of sp³-hybridized carbons (Fsp3) is 0.235. The topological polar surface area (TPSA) is 72.5 Å². The molecule has 0 saturated carbocycles. The molecule has 0 saturated heterocycles. The normalized spacial score (nSPS) is 11.9. The molecule has 2 aromatic rings. The standard InChI is InChI=1S/C17H15BF3NO4S/c1-2-27(24,25)15-7-6-13(18)8-12(15)10-22-16(23)11-4-3-5-14(9-11)26-17(19,20)21/h3-9H,2,10H2,1H3,(H,22,23). The molecule has 2 rings (SSSR count). The molecule has 0 atom stereocenters. The predicted molar refractivity (Wildman–Crippen MR) is 93.9 cm³/mol. The third-order valence-electron chi connectivity index (χ3n) is 3.57. The van der Waals surface area contributed by atoms with Crippen molar-refractivity contribution in [3.8, 4) is 5.75 Å². The lowest BCUT2D eigenvalue weighted by atomic mass is 9.94. The van der Waals surface area contributed by atoms with Crippen molar-refractivity contribution < 1.29 is 31.1 Å². The quantitative estimate of drug-likeness (QED) is 0.758. The van der Waals surface area contributed by atoms with Crippen LogP contribution < -0.4 is 15.5 Å². The monoisotopic (exact) mass is 397 g/mol. The number of ether oxygens (including phenoxy) is 1. The number of sulfone groups is 1. The minimum absolute atomic E-state index is 0.0358. The van der Waals surface area contributed by atoms with Crippen molar-refractivity contribution in [2.24, 2.45) is 0 Å². The maximum atomic E-state index is 12.3. The van der Waals surface area contributed by atoms with Crippen LogP contribution in [0.1, 0.15) is 22.8 Å². The van der Waals surface area contributed by atoms with Gasteiger partial charge in [-0.25, -0.2) is 8.42 Å². The van der Waals surface area contributed by atoms with E-state index in [2.05, 4.69) is 10.1 Å². The molecule has 0 heterocycles. The lowest BCUT2D eigenvalue weighted by Crippen LogP contribution is -2.25. The van der Waals surface area contributed by atoms with Gasteiger partial charge in [0.2, 0.25) is 0 Å². The van der Waals surface area contributed by atoms with Gasteiger partial charge in [-0.15, -0.1) is 13.2 Å². The van der Waals surface area contributed by atoms with Gasteiger partial charge in [0.15, 0.2) is 9.84 Å². The zero-order chi connectivity index (χ0) is 20.2. The lowest BCUT2D eigenvalue weighted by molar-refractivity contribution is -0.274. The molecule has 0 fully saturated rings. The Morgan fingerprint density at radius 3 is 2.52 bits per heavy atom. The van der Waals surface area contributed by atoms with Crippen LogP contribution in [0.25, 0.3) is 0 Å². The Morgan fingerprint density at radius 2 is 1.89 bits per heavy atom. The molecular formula is C17H15BF3NO4S. The number of amides is 1. The van der Waals surface area contributed by atoms with E-state index in [1.54, 1.807) is 0 Å². The summed E-state index contributed by atoms with van der Waals surface area (Å²) in [6, 6.07) is 8.76. The summed E-state index contributed by atoms with van der Waals surface area (Å²) in [6.45, 7) is 1.32. The summed E-state index contributed by atoms with van der Waals surface area (Å²) >= 11 is 0. The highest BCUT2D eigenvalue weighted by Gasteiger charge is 2.31. The van der Waals surface area contributed by atoms with Crippen molar-refractivity contribution in [1.29, 1.82) is 0 Å². The van der Waals surface area contributed by atoms with Crippen LogP contribution in [-0.2, 0) is 16.4 Å². The van der Waals surface area contributed by atoms with Crippen molar-refractivity contribution >= 4 is 29.1 Å². The molecule has 0 aromatic heterocycles. The fourth-order valence-electron chi connectivity index (χ4n) is 2.31. The maximum absolute atomic E-state index is 12.3. The minimum Gasteiger partial charge on any atom is -0.406 e. The SMILES string of the molecule is [B]c1ccc(S(=O)(=O)CC)c(CNC(=O)c2cccc(OC(F)(F)F)c2)c1. The summed E-state index contributed by atoms with van der Waals surface area (Å²) in [7, 11) is 2.14. The molecule has 0 unspecified atom stereocenters. The van der Waals surface area contributed by atoms with Gasteiger partial charge in [0.05, 0.1) is 10.6 Å². The molecule has 142 valence electrons. The summed E-state index contributed by atoms with van der Waals surface area (Å²) in [6.07, 6.45) is -4.87. The number of hydrogen-bond acceptors (Lipinski definition) is 4. The van der Waals surface area contributed by atoms with E-state index in [1.807, 2.05) is 0 Å². The lowest BCUT2D eigenvalue weighted by Gasteiger charge is -2.13. The Morgan fingerprint density at radius 1 is 1.19 bits per heavy atom. The molecule has 27 heavy (non-hydrogen) atoms. The first-order valence-electron chi connectivity index (χ1n) is 7.77. The van der Waals surface area contributed by atoms with Crippen LogP contribution in [0.2, 0.25) is 0 Å². The van der Waals surface area contributed by atoms with Gasteiger partial charge in [0.25, 0.3) is 5.91 Å². The summed E-state index contributed by atoms with van der Waals surface area (Å²) in [5.41, 5.74) is 0.531. The second-order valence-corrected chi connectivity index (χ2v) is 7.78. The number of carbonyl (C=O) groups excluding carboxylic acids is 1. The van der Waals surface area contributed by atoms with Gasteiger partial charge in [0, 0.05) is 12.1 Å². The van der Waals surface area contributed by atoms with Gasteiger partial charge in [-0.2, -0.15) is 0 Å². The van der Waals surface area contributed by atoms with E-state index >= 15 is 0 Å². The summed E-state index contributed by atoms with van der Waals surface area (Å²) in [5.74, 6) is -1.35. The van der Waals surface area contributed by atoms with E-state index < -0.39 is 27.9 Å². The van der Waals surface area contributed by atoms with Crippen molar-refractivity contribution in [2.45, 2.75) is 24.7 Å². The van der Waals surface area contributed by atoms with E-state index in [-0.39, 0.29) is 28.3 Å². The molecule has 0 aliphatic heterocycles. The first kappa shape index (κ1) is 20.8. The average molecular weight is 397 g/mol. The fourth-order valence-corrected chi connectivity index (χ4v) is 3.43. The molecule has 5 nitrogen and oxygen atoms in total. The van der Waals surface area contributed by atoms with Crippen molar-refractivity contribution in [2.75, 3.05) is 5.75 Å². The average Bonchev–Trinajstić information content (AvgIpc) is 2.58. The second-order valence-electron chi connectivity index (χ2n) is 5.53. The van der Waals surface area contributed by atoms with Crippen LogP contribution in [0.15, 0.2) is 47.4 Å². The summed E-state index contributed by atoms with van der Waals surface area (Å²) in [5, 5.41) is 2.47. The van der Waals surface area contributed by atoms with E-state index in [1.165, 1.54) is 37.3 Å². The van der Waals surface area contributed by atoms with Crippen LogP contribution in [0.3, 0.4) is 0 Å². The molecule has 0 bridgehead atoms. The van der Waals surface area contributed by atoms with Gasteiger partial charge < -0.3 is 10.1 Å². The van der Waals surface area contributed by atoms with Crippen molar-refractivity contribution in [3.05, 3.63) is 53.6 Å². The van der Waals surface area contributed by atoms with Crippen LogP contribution in [0.5, 0.6) is 5.75 Å². The Balaban J connectivity index is 2.19. The third kappa shape index (κ3) is 5.75. The van der Waals surface area contributed by atoms with E-state index in [0.29, 0.717) is 5.46 Å². The van der Waals surface area contributed by atoms with Gasteiger partial charge in [0.1, 0.15) is 13.6 Å². The Bertz CT molecular complexity index is 945. The van der Waals surface area contributed by atoms with Crippen LogP contribution >= 0.6 is 0 Å². The molecule has 0 spiro atoms. The molecule has 1 amide bonds. The largest absolute Gasteiger partial charge is 0.573 e. The van der Waals surface area contributed by atoms with Crippen molar-refractivity contribution in [3.63, 3.8) is 0 Å². The highest BCUT2D eigenvalue weighted by Crippen LogP contribution is 2.23. The first-order chi connectivity index (χ1) is 12.5. The Kier molecular flexibility index (Phi) is 6.20. The summed E-state index contributed by atoms with van der Waals surface area (Å²) < 4.78 is 64.9. The zero-order valence-electron chi connectivity index (χ0n) is 14.2. The maximum Gasteiger partial charge on any atom is 0.573 e. The number of halogens is 3. The molecule has 0 aliphatic carbocycles. The molecule has 2 aromatic carbocycles.